The Labute approximate surface area is 186 Å². The van der Waals surface area contributed by atoms with Crippen molar-refractivity contribution in [1.82, 2.24) is 20.1 Å². The average Bonchev–Trinajstić information content (AvgIpc) is 3.06. The lowest BCUT2D eigenvalue weighted by Crippen LogP contribution is -2.52. The van der Waals surface area contributed by atoms with Crippen LogP contribution in [0.5, 0.6) is 5.75 Å². The van der Waals surface area contributed by atoms with Gasteiger partial charge in [-0.1, -0.05) is 0 Å². The lowest BCUT2D eigenvalue weighted by atomic mass is 10.1. The van der Waals surface area contributed by atoms with E-state index in [4.69, 9.17) is 4.74 Å². The van der Waals surface area contributed by atoms with E-state index in [1.807, 2.05) is 32.6 Å². The van der Waals surface area contributed by atoms with E-state index in [1.54, 1.807) is 12.1 Å². The van der Waals surface area contributed by atoms with Gasteiger partial charge in [-0.2, -0.15) is 0 Å². The monoisotopic (exact) mass is 448 g/mol. The standard InChI is InChI=1S/C22H29FN4O3S/c1-15-20(31-19(24-15)14-30-17-7-5-16(23)6-8-17)21(29)27-11-9-26(10-12-27)13-18(28)25-22(2,3)4/h5-8H,9-14H2,1-4H3,(H,25,28). The van der Waals surface area contributed by atoms with Gasteiger partial charge >= 0.3 is 0 Å². The predicted octanol–water partition coefficient (Wildman–Crippen LogP) is 2.84. The van der Waals surface area contributed by atoms with Crippen LogP contribution in [0.25, 0.3) is 0 Å². The van der Waals surface area contributed by atoms with E-state index in [0.29, 0.717) is 54.1 Å². The molecule has 168 valence electrons. The minimum atomic E-state index is -0.319. The van der Waals surface area contributed by atoms with Crippen molar-refractivity contribution in [2.75, 3.05) is 32.7 Å². The molecule has 1 N–H and O–H groups in total. The maximum absolute atomic E-state index is 13.0. The quantitative estimate of drug-likeness (QED) is 0.736. The van der Waals surface area contributed by atoms with Gasteiger partial charge in [0.15, 0.2) is 0 Å². The number of piperazine rings is 1. The normalized spacial score (nSPS) is 15.1. The Morgan fingerprint density at radius 3 is 2.42 bits per heavy atom. The number of nitrogens with one attached hydrogen (secondary N) is 1. The van der Waals surface area contributed by atoms with Crippen molar-refractivity contribution in [2.24, 2.45) is 0 Å². The number of amides is 2. The molecule has 3 rings (SSSR count). The zero-order valence-corrected chi connectivity index (χ0v) is 19.2. The summed E-state index contributed by atoms with van der Waals surface area (Å²) >= 11 is 1.32. The Bertz CT molecular complexity index is 916. The summed E-state index contributed by atoms with van der Waals surface area (Å²) in [7, 11) is 0. The fourth-order valence-corrected chi connectivity index (χ4v) is 4.25. The third-order valence-corrected chi connectivity index (χ3v) is 5.87. The van der Waals surface area contributed by atoms with E-state index in [1.165, 1.54) is 23.5 Å². The van der Waals surface area contributed by atoms with Gasteiger partial charge in [0.2, 0.25) is 5.91 Å². The fraction of sp³-hybridized carbons (Fsp3) is 0.500. The zero-order valence-electron chi connectivity index (χ0n) is 18.4. The van der Waals surface area contributed by atoms with Crippen molar-refractivity contribution in [3.8, 4) is 5.75 Å². The molecule has 0 aliphatic carbocycles. The fourth-order valence-electron chi connectivity index (χ4n) is 3.30. The summed E-state index contributed by atoms with van der Waals surface area (Å²) in [6, 6.07) is 5.79. The lowest BCUT2D eigenvalue weighted by Gasteiger charge is -2.34. The Hall–Kier alpha value is -2.52. The second-order valence-corrected chi connectivity index (χ2v) is 9.71. The summed E-state index contributed by atoms with van der Waals surface area (Å²) in [5.74, 6) is 0.187. The molecule has 1 aromatic heterocycles. The summed E-state index contributed by atoms with van der Waals surface area (Å²) in [5.41, 5.74) is 0.427. The molecule has 1 saturated heterocycles. The smallest absolute Gasteiger partial charge is 0.265 e. The van der Waals surface area contributed by atoms with Crippen molar-refractivity contribution in [1.29, 1.82) is 0 Å². The molecule has 2 amide bonds. The molecule has 9 heteroatoms. The molecule has 1 fully saturated rings. The molecule has 0 unspecified atom stereocenters. The van der Waals surface area contributed by atoms with Gasteiger partial charge in [0.25, 0.3) is 5.91 Å². The second kappa shape index (κ2) is 9.74. The molecular weight excluding hydrogens is 419 g/mol. The summed E-state index contributed by atoms with van der Waals surface area (Å²) in [4.78, 5) is 34.0. The number of hydrogen-bond donors (Lipinski definition) is 1. The highest BCUT2D eigenvalue weighted by Crippen LogP contribution is 2.22. The number of carbonyl (C=O) groups excluding carboxylic acids is 2. The second-order valence-electron chi connectivity index (χ2n) is 8.63. The first-order valence-electron chi connectivity index (χ1n) is 10.3. The van der Waals surface area contributed by atoms with Crippen LogP contribution in [0.15, 0.2) is 24.3 Å². The van der Waals surface area contributed by atoms with E-state index in [0.717, 1.165) is 0 Å². The van der Waals surface area contributed by atoms with Gasteiger partial charge in [0.1, 0.15) is 28.1 Å². The third-order valence-electron chi connectivity index (χ3n) is 4.75. The molecule has 7 nitrogen and oxygen atoms in total. The molecule has 0 radical (unpaired) electrons. The van der Waals surface area contributed by atoms with E-state index >= 15 is 0 Å². The Morgan fingerprint density at radius 1 is 1.16 bits per heavy atom. The van der Waals surface area contributed by atoms with Crippen LogP contribution in [0.1, 0.15) is 41.1 Å². The van der Waals surface area contributed by atoms with Gasteiger partial charge in [0.05, 0.1) is 12.2 Å². The number of benzene rings is 1. The number of aromatic nitrogens is 1. The number of ether oxygens (including phenoxy) is 1. The van der Waals surface area contributed by atoms with E-state index in [9.17, 15) is 14.0 Å². The average molecular weight is 449 g/mol. The van der Waals surface area contributed by atoms with Crippen LogP contribution in [0.4, 0.5) is 4.39 Å². The van der Waals surface area contributed by atoms with Crippen LogP contribution in [0.2, 0.25) is 0 Å². The van der Waals surface area contributed by atoms with Gasteiger partial charge in [-0.15, -0.1) is 11.3 Å². The van der Waals surface area contributed by atoms with E-state index < -0.39 is 0 Å². The molecule has 0 bridgehead atoms. The Morgan fingerprint density at radius 2 is 1.81 bits per heavy atom. The van der Waals surface area contributed by atoms with Crippen molar-refractivity contribution >= 4 is 23.2 Å². The SMILES string of the molecule is Cc1nc(COc2ccc(F)cc2)sc1C(=O)N1CCN(CC(=O)NC(C)(C)C)CC1. The molecular formula is C22H29FN4O3S. The van der Waals surface area contributed by atoms with Crippen molar-refractivity contribution < 1.29 is 18.7 Å². The predicted molar refractivity (Wildman–Crippen MR) is 118 cm³/mol. The summed E-state index contributed by atoms with van der Waals surface area (Å²) in [6.45, 7) is 10.7. The molecule has 1 aliphatic heterocycles. The number of halogens is 1. The van der Waals surface area contributed by atoms with E-state index in [2.05, 4.69) is 15.2 Å². The number of hydrogen-bond acceptors (Lipinski definition) is 6. The van der Waals surface area contributed by atoms with Gasteiger partial charge in [0, 0.05) is 31.7 Å². The van der Waals surface area contributed by atoms with Gasteiger partial charge in [-0.25, -0.2) is 9.37 Å². The maximum atomic E-state index is 13.0. The van der Waals surface area contributed by atoms with Crippen molar-refractivity contribution in [3.05, 3.63) is 45.7 Å². The number of aryl methyl sites for hydroxylation is 1. The van der Waals surface area contributed by atoms with Gasteiger partial charge in [-0.3, -0.25) is 14.5 Å². The van der Waals surface area contributed by atoms with Crippen LogP contribution in [-0.2, 0) is 11.4 Å². The summed E-state index contributed by atoms with van der Waals surface area (Å²) in [5, 5.41) is 3.66. The van der Waals surface area contributed by atoms with Crippen LogP contribution in [0, 0.1) is 12.7 Å². The molecule has 1 aliphatic rings. The highest BCUT2D eigenvalue weighted by molar-refractivity contribution is 7.13. The number of carbonyl (C=O) groups is 2. The highest BCUT2D eigenvalue weighted by atomic mass is 32.1. The lowest BCUT2D eigenvalue weighted by molar-refractivity contribution is -0.124. The zero-order chi connectivity index (χ0) is 22.6. The van der Waals surface area contributed by atoms with Crippen molar-refractivity contribution in [3.63, 3.8) is 0 Å². The van der Waals surface area contributed by atoms with Gasteiger partial charge in [-0.05, 0) is 52.0 Å². The van der Waals surface area contributed by atoms with Crippen LogP contribution in [-0.4, -0.2) is 64.9 Å². The largest absolute Gasteiger partial charge is 0.486 e. The van der Waals surface area contributed by atoms with Crippen LogP contribution >= 0.6 is 11.3 Å². The first-order chi connectivity index (χ1) is 14.6. The molecule has 0 spiro atoms. The Kier molecular flexibility index (Phi) is 7.27. The van der Waals surface area contributed by atoms with Crippen molar-refractivity contribution in [2.45, 2.75) is 39.8 Å². The maximum Gasteiger partial charge on any atom is 0.265 e. The topological polar surface area (TPSA) is 74.8 Å². The molecule has 0 atom stereocenters. The minimum absolute atomic E-state index is 0.00336. The minimum Gasteiger partial charge on any atom is -0.486 e. The third kappa shape index (κ3) is 6.73. The number of thiazole rings is 1. The number of rotatable bonds is 6. The first kappa shape index (κ1) is 23.1. The molecule has 31 heavy (non-hydrogen) atoms. The van der Waals surface area contributed by atoms with Crippen LogP contribution in [0.3, 0.4) is 0 Å². The molecule has 2 aromatic rings. The Balaban J connectivity index is 1.51. The summed E-state index contributed by atoms with van der Waals surface area (Å²) in [6.07, 6.45) is 0. The molecule has 0 saturated carbocycles. The number of nitrogens with zero attached hydrogens (tertiary/aromatic N) is 3. The summed E-state index contributed by atoms with van der Waals surface area (Å²) < 4.78 is 18.6. The van der Waals surface area contributed by atoms with E-state index in [-0.39, 0.29) is 29.8 Å². The molecule has 2 heterocycles. The van der Waals surface area contributed by atoms with Gasteiger partial charge < -0.3 is 15.0 Å². The highest BCUT2D eigenvalue weighted by Gasteiger charge is 2.27. The molecule has 1 aromatic carbocycles. The first-order valence-corrected chi connectivity index (χ1v) is 11.1. The van der Waals surface area contributed by atoms with Crippen LogP contribution < -0.4 is 10.1 Å².